The lowest BCUT2D eigenvalue weighted by Crippen LogP contribution is -2.30. The third-order valence-electron chi connectivity index (χ3n) is 2.74. The Kier molecular flexibility index (Phi) is 2.35. The van der Waals surface area contributed by atoms with Gasteiger partial charge in [-0.25, -0.2) is 0 Å². The standard InChI is InChI=1S/C9H18O/c1-4-9(3)5-6-10-8(2)7-9/h8H,4-7H2,1-3H3/t8-,9?/m0/s1. The molecule has 1 rings (SSSR count). The van der Waals surface area contributed by atoms with Crippen molar-refractivity contribution in [2.75, 3.05) is 6.61 Å². The van der Waals surface area contributed by atoms with Crippen LogP contribution < -0.4 is 0 Å². The smallest absolute Gasteiger partial charge is 0.0552 e. The molecule has 1 unspecified atom stereocenters. The van der Waals surface area contributed by atoms with Gasteiger partial charge in [-0.1, -0.05) is 20.3 Å². The van der Waals surface area contributed by atoms with Gasteiger partial charge in [-0.05, 0) is 25.2 Å². The minimum atomic E-state index is 0.485. The lowest BCUT2D eigenvalue weighted by Gasteiger charge is -2.36. The monoisotopic (exact) mass is 142 g/mol. The molecule has 0 aromatic heterocycles. The van der Waals surface area contributed by atoms with E-state index in [1.54, 1.807) is 0 Å². The summed E-state index contributed by atoms with van der Waals surface area (Å²) in [7, 11) is 0. The Hall–Kier alpha value is -0.0400. The molecule has 2 atom stereocenters. The Labute approximate surface area is 63.8 Å². The number of hydrogen-bond acceptors (Lipinski definition) is 1. The van der Waals surface area contributed by atoms with Crippen molar-refractivity contribution in [1.29, 1.82) is 0 Å². The highest BCUT2D eigenvalue weighted by Crippen LogP contribution is 2.35. The Balaban J connectivity index is 2.45. The third-order valence-corrected chi connectivity index (χ3v) is 2.74. The first-order valence-electron chi connectivity index (χ1n) is 4.28. The molecular formula is C9H18O. The van der Waals surface area contributed by atoms with E-state index in [1.165, 1.54) is 19.3 Å². The molecule has 1 nitrogen and oxygen atoms in total. The Morgan fingerprint density at radius 1 is 1.60 bits per heavy atom. The van der Waals surface area contributed by atoms with Crippen LogP contribution >= 0.6 is 0 Å². The van der Waals surface area contributed by atoms with Gasteiger partial charge in [0.25, 0.3) is 0 Å². The van der Waals surface area contributed by atoms with Crippen LogP contribution in [0.1, 0.15) is 40.0 Å². The molecule has 0 aromatic rings. The second-order valence-corrected chi connectivity index (χ2v) is 3.80. The van der Waals surface area contributed by atoms with Crippen LogP contribution in [0.15, 0.2) is 0 Å². The summed E-state index contributed by atoms with van der Waals surface area (Å²) < 4.78 is 5.48. The third kappa shape index (κ3) is 1.72. The van der Waals surface area contributed by atoms with E-state index in [2.05, 4.69) is 20.8 Å². The van der Waals surface area contributed by atoms with E-state index in [0.29, 0.717) is 11.5 Å². The lowest BCUT2D eigenvalue weighted by molar-refractivity contribution is -0.0333. The molecule has 10 heavy (non-hydrogen) atoms. The molecule has 0 radical (unpaired) electrons. The van der Waals surface area contributed by atoms with E-state index < -0.39 is 0 Å². The molecule has 0 aliphatic carbocycles. The van der Waals surface area contributed by atoms with Crippen LogP contribution in [0.25, 0.3) is 0 Å². The summed E-state index contributed by atoms with van der Waals surface area (Å²) in [5, 5.41) is 0. The van der Waals surface area contributed by atoms with Crippen LogP contribution in [0, 0.1) is 5.41 Å². The fraction of sp³-hybridized carbons (Fsp3) is 1.00. The predicted molar refractivity (Wildman–Crippen MR) is 43.0 cm³/mol. The SMILES string of the molecule is CCC1(C)CCO[C@@H](C)C1. The van der Waals surface area contributed by atoms with Crippen LogP contribution in [0.2, 0.25) is 0 Å². The van der Waals surface area contributed by atoms with E-state index in [4.69, 9.17) is 4.74 Å². The zero-order valence-corrected chi connectivity index (χ0v) is 7.31. The summed E-state index contributed by atoms with van der Waals surface area (Å²) >= 11 is 0. The first-order chi connectivity index (χ1) is 4.66. The molecule has 0 amide bonds. The second-order valence-electron chi connectivity index (χ2n) is 3.80. The molecule has 1 fully saturated rings. The average Bonchev–Trinajstić information content (AvgIpc) is 1.88. The maximum absolute atomic E-state index is 5.48. The van der Waals surface area contributed by atoms with Gasteiger partial charge in [-0.2, -0.15) is 0 Å². The highest BCUT2D eigenvalue weighted by molar-refractivity contribution is 4.78. The minimum absolute atomic E-state index is 0.485. The summed E-state index contributed by atoms with van der Waals surface area (Å²) in [6, 6.07) is 0. The summed E-state index contributed by atoms with van der Waals surface area (Å²) in [6.45, 7) is 7.78. The van der Waals surface area contributed by atoms with Gasteiger partial charge in [0.05, 0.1) is 6.10 Å². The van der Waals surface area contributed by atoms with Gasteiger partial charge >= 0.3 is 0 Å². The molecule has 0 aromatic carbocycles. The van der Waals surface area contributed by atoms with Crippen molar-refractivity contribution in [2.45, 2.75) is 46.1 Å². The molecule has 1 heterocycles. The molecule has 0 saturated carbocycles. The van der Waals surface area contributed by atoms with E-state index in [1.807, 2.05) is 0 Å². The molecule has 1 heteroatoms. The van der Waals surface area contributed by atoms with Gasteiger partial charge in [0.2, 0.25) is 0 Å². The average molecular weight is 142 g/mol. The lowest BCUT2D eigenvalue weighted by atomic mass is 9.78. The summed E-state index contributed by atoms with van der Waals surface area (Å²) in [4.78, 5) is 0. The molecular weight excluding hydrogens is 124 g/mol. The molecule has 60 valence electrons. The highest BCUT2D eigenvalue weighted by Gasteiger charge is 2.28. The maximum atomic E-state index is 5.48. The number of hydrogen-bond donors (Lipinski definition) is 0. The van der Waals surface area contributed by atoms with Crippen molar-refractivity contribution in [2.24, 2.45) is 5.41 Å². The zero-order chi connectivity index (χ0) is 7.61. The van der Waals surface area contributed by atoms with Gasteiger partial charge in [0, 0.05) is 6.61 Å². The van der Waals surface area contributed by atoms with E-state index in [0.717, 1.165) is 6.61 Å². The Morgan fingerprint density at radius 2 is 2.30 bits per heavy atom. The van der Waals surface area contributed by atoms with E-state index in [9.17, 15) is 0 Å². The first-order valence-corrected chi connectivity index (χ1v) is 4.28. The van der Waals surface area contributed by atoms with Crippen LogP contribution in [-0.2, 0) is 4.74 Å². The quantitative estimate of drug-likeness (QED) is 0.547. The minimum Gasteiger partial charge on any atom is -0.378 e. The van der Waals surface area contributed by atoms with Gasteiger partial charge in [0.15, 0.2) is 0 Å². The topological polar surface area (TPSA) is 9.23 Å². The Bertz CT molecular complexity index is 111. The van der Waals surface area contributed by atoms with Crippen molar-refractivity contribution in [3.8, 4) is 0 Å². The largest absolute Gasteiger partial charge is 0.378 e. The summed E-state index contributed by atoms with van der Waals surface area (Å²) in [6.07, 6.45) is 4.26. The van der Waals surface area contributed by atoms with E-state index in [-0.39, 0.29) is 0 Å². The molecule has 0 bridgehead atoms. The van der Waals surface area contributed by atoms with Gasteiger partial charge in [-0.15, -0.1) is 0 Å². The van der Waals surface area contributed by atoms with Crippen molar-refractivity contribution in [3.05, 3.63) is 0 Å². The first kappa shape index (κ1) is 8.06. The highest BCUT2D eigenvalue weighted by atomic mass is 16.5. The molecule has 0 N–H and O–H groups in total. The van der Waals surface area contributed by atoms with Crippen LogP contribution in [-0.4, -0.2) is 12.7 Å². The van der Waals surface area contributed by atoms with Crippen molar-refractivity contribution < 1.29 is 4.74 Å². The van der Waals surface area contributed by atoms with Gasteiger partial charge < -0.3 is 4.74 Å². The molecule has 1 saturated heterocycles. The van der Waals surface area contributed by atoms with E-state index >= 15 is 0 Å². The van der Waals surface area contributed by atoms with Crippen LogP contribution in [0.3, 0.4) is 0 Å². The van der Waals surface area contributed by atoms with Crippen LogP contribution in [0.4, 0.5) is 0 Å². The zero-order valence-electron chi connectivity index (χ0n) is 7.31. The summed E-state index contributed by atoms with van der Waals surface area (Å²) in [5.74, 6) is 0. The second kappa shape index (κ2) is 2.91. The molecule has 1 aliphatic heterocycles. The normalized spacial score (nSPS) is 41.7. The fourth-order valence-corrected chi connectivity index (χ4v) is 1.68. The van der Waals surface area contributed by atoms with Crippen molar-refractivity contribution in [1.82, 2.24) is 0 Å². The number of ether oxygens (including phenoxy) is 1. The van der Waals surface area contributed by atoms with Crippen molar-refractivity contribution in [3.63, 3.8) is 0 Å². The summed E-state index contributed by atoms with van der Waals surface area (Å²) in [5.41, 5.74) is 0.567. The van der Waals surface area contributed by atoms with Gasteiger partial charge in [0.1, 0.15) is 0 Å². The predicted octanol–water partition coefficient (Wildman–Crippen LogP) is 2.60. The number of rotatable bonds is 1. The van der Waals surface area contributed by atoms with Gasteiger partial charge in [-0.3, -0.25) is 0 Å². The Morgan fingerprint density at radius 3 is 2.70 bits per heavy atom. The molecule has 1 aliphatic rings. The van der Waals surface area contributed by atoms with Crippen LogP contribution in [0.5, 0.6) is 0 Å². The van der Waals surface area contributed by atoms with Crippen molar-refractivity contribution >= 4 is 0 Å². The maximum Gasteiger partial charge on any atom is 0.0552 e. The fourth-order valence-electron chi connectivity index (χ4n) is 1.68. The molecule has 0 spiro atoms.